The topological polar surface area (TPSA) is 99.3 Å². The number of amides is 3. The van der Waals surface area contributed by atoms with Crippen molar-refractivity contribution in [2.75, 3.05) is 26.2 Å². The SMILES string of the molecule is O=C(CNC(=O)CC(c1ccccc1)(c1ccccc1)c1ccccc1)NCCC(=O)NC(CC1CCCCC1)[C@@H]1CCCNC1. The first-order valence-electron chi connectivity index (χ1n) is 17.2. The Morgan fingerprint density at radius 2 is 1.28 bits per heavy atom. The van der Waals surface area contributed by atoms with Crippen LogP contribution in [0.3, 0.4) is 0 Å². The molecule has 7 nitrogen and oxygen atoms in total. The molecule has 1 heterocycles. The Morgan fingerprint density at radius 1 is 0.696 bits per heavy atom. The Balaban J connectivity index is 1.15. The van der Waals surface area contributed by atoms with Gasteiger partial charge in [-0.05, 0) is 60.9 Å². The molecular formula is C39H50N4O3. The minimum Gasteiger partial charge on any atom is -0.354 e. The fraction of sp³-hybridized carbons (Fsp3) is 0.462. The van der Waals surface area contributed by atoms with Crippen LogP contribution in [0.1, 0.15) is 80.9 Å². The zero-order valence-electron chi connectivity index (χ0n) is 27.0. The second-order valence-electron chi connectivity index (χ2n) is 13.1. The van der Waals surface area contributed by atoms with Gasteiger partial charge in [-0.2, -0.15) is 0 Å². The van der Waals surface area contributed by atoms with E-state index >= 15 is 0 Å². The maximum atomic E-state index is 13.5. The molecule has 7 heteroatoms. The third-order valence-electron chi connectivity index (χ3n) is 9.91. The van der Waals surface area contributed by atoms with Crippen molar-refractivity contribution in [3.05, 3.63) is 108 Å². The summed E-state index contributed by atoms with van der Waals surface area (Å²) in [6.45, 7) is 2.09. The number of piperidine rings is 1. The normalized spacial score (nSPS) is 17.9. The van der Waals surface area contributed by atoms with Crippen LogP contribution in [0.25, 0.3) is 0 Å². The first-order chi connectivity index (χ1) is 22.5. The van der Waals surface area contributed by atoms with Gasteiger partial charge in [0.25, 0.3) is 0 Å². The Morgan fingerprint density at radius 3 is 1.83 bits per heavy atom. The highest BCUT2D eigenvalue weighted by atomic mass is 16.2. The lowest BCUT2D eigenvalue weighted by Crippen LogP contribution is -2.48. The molecule has 3 aromatic rings. The van der Waals surface area contributed by atoms with Crippen LogP contribution in [0.4, 0.5) is 0 Å². The van der Waals surface area contributed by atoms with Crippen LogP contribution in [-0.2, 0) is 19.8 Å². The number of benzene rings is 3. The average molecular weight is 623 g/mol. The molecule has 46 heavy (non-hydrogen) atoms. The van der Waals surface area contributed by atoms with E-state index in [2.05, 4.69) is 57.7 Å². The molecule has 4 N–H and O–H groups in total. The number of carbonyl (C=O) groups excluding carboxylic acids is 3. The van der Waals surface area contributed by atoms with Crippen LogP contribution < -0.4 is 21.3 Å². The van der Waals surface area contributed by atoms with Gasteiger partial charge in [-0.1, -0.05) is 123 Å². The van der Waals surface area contributed by atoms with E-state index < -0.39 is 5.41 Å². The summed E-state index contributed by atoms with van der Waals surface area (Å²) in [5.74, 6) is 0.596. The number of rotatable bonds is 14. The molecule has 0 spiro atoms. The highest BCUT2D eigenvalue weighted by Gasteiger charge is 2.38. The largest absolute Gasteiger partial charge is 0.354 e. The summed E-state index contributed by atoms with van der Waals surface area (Å²) in [4.78, 5) is 39.3. The van der Waals surface area contributed by atoms with Crippen molar-refractivity contribution in [1.82, 2.24) is 21.3 Å². The standard InChI is InChI=1S/C39H50N4O3/c44-36(43-35(31-16-13-24-40-28-31)26-30-14-5-1-6-15-30)23-25-41-38(46)29-42-37(45)27-39(32-17-7-2-8-18-32,33-19-9-3-10-20-33)34-21-11-4-12-22-34/h2-4,7-12,17-22,30-31,35,40H,1,5-6,13-16,23-29H2,(H,41,46)(H,42,45)(H,43,44)/t31-,35?/m1/s1. The number of hydrogen-bond donors (Lipinski definition) is 4. The van der Waals surface area contributed by atoms with E-state index in [1.54, 1.807) is 0 Å². The van der Waals surface area contributed by atoms with E-state index in [9.17, 15) is 14.4 Å². The Labute approximate surface area is 274 Å². The van der Waals surface area contributed by atoms with Gasteiger partial charge in [-0.25, -0.2) is 0 Å². The van der Waals surface area contributed by atoms with Crippen molar-refractivity contribution in [2.45, 2.75) is 75.7 Å². The summed E-state index contributed by atoms with van der Waals surface area (Å²) < 4.78 is 0. The van der Waals surface area contributed by atoms with Gasteiger partial charge in [-0.3, -0.25) is 14.4 Å². The van der Waals surface area contributed by atoms with Gasteiger partial charge in [0.05, 0.1) is 12.0 Å². The summed E-state index contributed by atoms with van der Waals surface area (Å²) in [5.41, 5.74) is 2.28. The summed E-state index contributed by atoms with van der Waals surface area (Å²) in [6.07, 6.45) is 10.1. The second kappa shape index (κ2) is 17.1. The molecule has 2 aliphatic rings. The van der Waals surface area contributed by atoms with Gasteiger partial charge >= 0.3 is 0 Å². The lowest BCUT2D eigenvalue weighted by Gasteiger charge is -2.35. The van der Waals surface area contributed by atoms with Crippen molar-refractivity contribution in [3.8, 4) is 0 Å². The fourth-order valence-corrected chi connectivity index (χ4v) is 7.49. The second-order valence-corrected chi connectivity index (χ2v) is 13.1. The summed E-state index contributed by atoms with van der Waals surface area (Å²) >= 11 is 0. The third-order valence-corrected chi connectivity index (χ3v) is 9.91. The molecule has 3 aromatic carbocycles. The van der Waals surface area contributed by atoms with Gasteiger partial charge in [0.2, 0.25) is 17.7 Å². The number of carbonyl (C=O) groups is 3. The van der Waals surface area contributed by atoms with Crippen molar-refractivity contribution in [2.24, 2.45) is 11.8 Å². The van der Waals surface area contributed by atoms with E-state index in [4.69, 9.17) is 0 Å². The molecule has 3 amide bonds. The van der Waals surface area contributed by atoms with E-state index in [0.29, 0.717) is 11.8 Å². The van der Waals surface area contributed by atoms with Gasteiger partial charge in [0.15, 0.2) is 0 Å². The molecule has 2 atom stereocenters. The van der Waals surface area contributed by atoms with Gasteiger partial charge in [0.1, 0.15) is 0 Å². The predicted molar refractivity (Wildman–Crippen MR) is 183 cm³/mol. The molecule has 1 saturated carbocycles. The van der Waals surface area contributed by atoms with Crippen molar-refractivity contribution < 1.29 is 14.4 Å². The van der Waals surface area contributed by atoms with Crippen LogP contribution in [-0.4, -0.2) is 49.9 Å². The summed E-state index contributed by atoms with van der Waals surface area (Å²) in [5, 5.41) is 12.5. The molecular weight excluding hydrogens is 572 g/mol. The summed E-state index contributed by atoms with van der Waals surface area (Å²) in [6, 6.07) is 30.3. The predicted octanol–water partition coefficient (Wildman–Crippen LogP) is 5.49. The molecule has 2 fully saturated rings. The van der Waals surface area contributed by atoms with Gasteiger partial charge < -0.3 is 21.3 Å². The van der Waals surface area contributed by atoms with Crippen LogP contribution in [0, 0.1) is 11.8 Å². The third kappa shape index (κ3) is 9.06. The van der Waals surface area contributed by atoms with E-state index in [-0.39, 0.29) is 49.7 Å². The lowest BCUT2D eigenvalue weighted by molar-refractivity contribution is -0.127. The van der Waals surface area contributed by atoms with Gasteiger partial charge in [-0.15, -0.1) is 0 Å². The zero-order chi connectivity index (χ0) is 32.0. The highest BCUT2D eigenvalue weighted by Crippen LogP contribution is 2.42. The van der Waals surface area contributed by atoms with Crippen LogP contribution >= 0.6 is 0 Å². The molecule has 1 aliphatic heterocycles. The number of nitrogens with one attached hydrogen (secondary N) is 4. The van der Waals surface area contributed by atoms with Crippen LogP contribution in [0.5, 0.6) is 0 Å². The Hall–Kier alpha value is -3.97. The number of hydrogen-bond acceptors (Lipinski definition) is 4. The monoisotopic (exact) mass is 622 g/mol. The highest BCUT2D eigenvalue weighted by molar-refractivity contribution is 5.86. The molecule has 5 rings (SSSR count). The average Bonchev–Trinajstić information content (AvgIpc) is 3.11. The van der Waals surface area contributed by atoms with Crippen molar-refractivity contribution in [1.29, 1.82) is 0 Å². The maximum absolute atomic E-state index is 13.5. The molecule has 1 saturated heterocycles. The van der Waals surface area contributed by atoms with Crippen LogP contribution in [0.15, 0.2) is 91.0 Å². The fourth-order valence-electron chi connectivity index (χ4n) is 7.49. The molecule has 0 aromatic heterocycles. The Bertz CT molecular complexity index is 1270. The molecule has 1 aliphatic carbocycles. The molecule has 1 unspecified atom stereocenters. The lowest BCUT2D eigenvalue weighted by atomic mass is 9.67. The van der Waals surface area contributed by atoms with Crippen molar-refractivity contribution >= 4 is 17.7 Å². The maximum Gasteiger partial charge on any atom is 0.239 e. The van der Waals surface area contributed by atoms with E-state index in [1.807, 2.05) is 54.6 Å². The van der Waals surface area contributed by atoms with E-state index in [1.165, 1.54) is 32.1 Å². The molecule has 0 radical (unpaired) electrons. The van der Waals surface area contributed by atoms with Crippen molar-refractivity contribution in [3.63, 3.8) is 0 Å². The smallest absolute Gasteiger partial charge is 0.239 e. The van der Waals surface area contributed by atoms with Gasteiger partial charge in [0, 0.05) is 25.4 Å². The Kier molecular flexibility index (Phi) is 12.4. The molecule has 0 bridgehead atoms. The zero-order valence-corrected chi connectivity index (χ0v) is 27.0. The quantitative estimate of drug-likeness (QED) is 0.179. The molecule has 244 valence electrons. The minimum absolute atomic E-state index is 0.0194. The summed E-state index contributed by atoms with van der Waals surface area (Å²) in [7, 11) is 0. The first kappa shape index (κ1) is 33.4. The van der Waals surface area contributed by atoms with Crippen LogP contribution in [0.2, 0.25) is 0 Å². The van der Waals surface area contributed by atoms with E-state index in [0.717, 1.165) is 49.0 Å². The minimum atomic E-state index is -0.732. The first-order valence-corrected chi connectivity index (χ1v) is 17.2.